The summed E-state index contributed by atoms with van der Waals surface area (Å²) in [6, 6.07) is 0. The molecule has 0 radical (unpaired) electrons. The number of nitrogens with zero attached hydrogens (tertiary/aromatic N) is 5. The highest BCUT2D eigenvalue weighted by Gasteiger charge is 2.49. The zero-order chi connectivity index (χ0) is 15.5. The number of anilines is 1. The second-order valence-corrected chi connectivity index (χ2v) is 5.93. The van der Waals surface area contributed by atoms with Crippen LogP contribution in [0.25, 0.3) is 0 Å². The summed E-state index contributed by atoms with van der Waals surface area (Å²) in [4.78, 5) is 22.6. The van der Waals surface area contributed by atoms with Gasteiger partial charge in [0, 0.05) is 37.8 Å². The minimum absolute atomic E-state index is 0.0497. The lowest BCUT2D eigenvalue weighted by molar-refractivity contribution is -0.136. The first kappa shape index (κ1) is 15.7. The topological polar surface area (TPSA) is 63.5 Å². The predicted molar refractivity (Wildman–Crippen MR) is 83.0 cm³/mol. The number of hydrogen-bond donors (Lipinski definition) is 0. The molecule has 2 saturated heterocycles. The quantitative estimate of drug-likeness (QED) is 0.733. The van der Waals surface area contributed by atoms with Crippen molar-refractivity contribution < 1.29 is 4.79 Å². The van der Waals surface area contributed by atoms with Crippen LogP contribution in [0.5, 0.6) is 0 Å². The van der Waals surface area contributed by atoms with E-state index in [9.17, 15) is 4.79 Å². The largest absolute Gasteiger partial charge is 0.307 e. The summed E-state index contributed by atoms with van der Waals surface area (Å²) in [6.07, 6.45) is 3.87. The van der Waals surface area contributed by atoms with Crippen molar-refractivity contribution in [2.45, 2.75) is 26.3 Å². The molecule has 0 N–H and O–H groups in total. The molecule has 3 rings (SSSR count). The first-order valence-electron chi connectivity index (χ1n) is 7.26. The molecular weight excluding hydrogens is 286 g/mol. The van der Waals surface area contributed by atoms with Crippen LogP contribution in [0.4, 0.5) is 5.13 Å². The maximum atomic E-state index is 12.8. The van der Waals surface area contributed by atoms with Crippen LogP contribution in [0.1, 0.15) is 20.8 Å². The number of carbonyl (C=O) groups is 1. The fourth-order valence-electron chi connectivity index (χ4n) is 2.83. The van der Waals surface area contributed by atoms with Crippen LogP contribution in [-0.2, 0) is 4.79 Å². The molecule has 0 aliphatic carbocycles. The smallest absolute Gasteiger partial charge is 0.250 e. The molecule has 0 saturated carbocycles. The van der Waals surface area contributed by atoms with Gasteiger partial charge in [-0.1, -0.05) is 13.8 Å². The highest BCUT2D eigenvalue weighted by Crippen LogP contribution is 2.30. The molecule has 2 aliphatic heterocycles. The summed E-state index contributed by atoms with van der Waals surface area (Å²) in [5, 5.41) is 11.7. The van der Waals surface area contributed by atoms with Crippen LogP contribution in [0.15, 0.2) is 11.6 Å². The maximum Gasteiger partial charge on any atom is 0.250 e. The predicted octanol–water partition coefficient (Wildman–Crippen LogP) is 1.37. The molecule has 2 fully saturated rings. The second-order valence-electron chi connectivity index (χ2n) is 5.05. The Hall–Kier alpha value is -1.65. The van der Waals surface area contributed by atoms with Gasteiger partial charge in [-0.15, -0.1) is 11.3 Å². The van der Waals surface area contributed by atoms with Crippen molar-refractivity contribution in [2.24, 2.45) is 0 Å². The van der Waals surface area contributed by atoms with Gasteiger partial charge in [-0.3, -0.25) is 14.6 Å². The van der Waals surface area contributed by atoms with E-state index >= 15 is 0 Å². The Morgan fingerprint density at radius 2 is 2.05 bits per heavy atom. The average Bonchev–Trinajstić information content (AvgIpc) is 3.04. The zero-order valence-corrected chi connectivity index (χ0v) is 13.6. The fraction of sp³-hybridized carbons (Fsp3) is 0.643. The van der Waals surface area contributed by atoms with E-state index in [1.165, 1.54) is 11.3 Å². The average molecular weight is 307 g/mol. The number of fused-ring (bicyclic) bond motifs is 1. The minimum Gasteiger partial charge on any atom is -0.307 e. The molecule has 3 heterocycles. The summed E-state index contributed by atoms with van der Waals surface area (Å²) in [7, 11) is 0. The van der Waals surface area contributed by atoms with Gasteiger partial charge in [-0.2, -0.15) is 5.26 Å². The van der Waals surface area contributed by atoms with Crippen LogP contribution in [-0.4, -0.2) is 59.0 Å². The fourth-order valence-corrected chi connectivity index (χ4v) is 3.50. The normalized spacial score (nSPS) is 25.7. The Morgan fingerprint density at radius 1 is 1.33 bits per heavy atom. The van der Waals surface area contributed by atoms with Crippen molar-refractivity contribution in [1.82, 2.24) is 14.8 Å². The number of amides is 1. The van der Waals surface area contributed by atoms with E-state index in [1.54, 1.807) is 16.0 Å². The molecule has 0 aromatic carbocycles. The molecule has 1 unspecified atom stereocenters. The molecule has 7 heteroatoms. The van der Waals surface area contributed by atoms with E-state index in [1.807, 2.05) is 26.2 Å². The van der Waals surface area contributed by atoms with Gasteiger partial charge in [0.15, 0.2) is 11.3 Å². The van der Waals surface area contributed by atoms with Crippen LogP contribution >= 0.6 is 11.3 Å². The SMILES string of the molecule is CC.CC12CN(C#N)CCN1CCN(c1nccs1)C2=O. The first-order chi connectivity index (χ1) is 10.1. The number of piperazine rings is 2. The molecule has 114 valence electrons. The molecule has 1 atom stereocenters. The lowest BCUT2D eigenvalue weighted by Crippen LogP contribution is -2.71. The Labute approximate surface area is 129 Å². The third-order valence-electron chi connectivity index (χ3n) is 3.93. The summed E-state index contributed by atoms with van der Waals surface area (Å²) >= 11 is 1.47. The molecule has 0 spiro atoms. The van der Waals surface area contributed by atoms with Crippen molar-refractivity contribution in [3.05, 3.63) is 11.6 Å². The van der Waals surface area contributed by atoms with Gasteiger partial charge in [0.05, 0.1) is 6.54 Å². The highest BCUT2D eigenvalue weighted by atomic mass is 32.1. The summed E-state index contributed by atoms with van der Waals surface area (Å²) in [6.45, 7) is 9.37. The van der Waals surface area contributed by atoms with Crippen molar-refractivity contribution >= 4 is 22.4 Å². The summed E-state index contributed by atoms with van der Waals surface area (Å²) in [5.41, 5.74) is -0.613. The van der Waals surface area contributed by atoms with Crippen LogP contribution in [0.2, 0.25) is 0 Å². The Bertz CT molecular complexity index is 526. The lowest BCUT2D eigenvalue weighted by Gasteiger charge is -2.51. The molecule has 21 heavy (non-hydrogen) atoms. The van der Waals surface area contributed by atoms with E-state index in [-0.39, 0.29) is 5.91 Å². The van der Waals surface area contributed by atoms with Gasteiger partial charge >= 0.3 is 0 Å². The highest BCUT2D eigenvalue weighted by molar-refractivity contribution is 7.13. The van der Waals surface area contributed by atoms with E-state index in [0.29, 0.717) is 19.6 Å². The van der Waals surface area contributed by atoms with E-state index in [2.05, 4.69) is 16.1 Å². The maximum absolute atomic E-state index is 12.8. The van der Waals surface area contributed by atoms with Crippen molar-refractivity contribution in [1.29, 1.82) is 5.26 Å². The Balaban J connectivity index is 0.000000774. The third-order valence-corrected chi connectivity index (χ3v) is 4.72. The van der Waals surface area contributed by atoms with Gasteiger partial charge in [0.2, 0.25) is 0 Å². The standard InChI is InChI=1S/C12H15N5OS.C2H6/c1-12-8-15(9-13)3-4-16(12)5-6-17(10(12)18)11-14-2-7-19-11;1-2/h2,7H,3-6,8H2,1H3;1-2H3. The van der Waals surface area contributed by atoms with Crippen molar-refractivity contribution in [3.8, 4) is 6.19 Å². The molecule has 1 aromatic heterocycles. The number of nitriles is 1. The van der Waals surface area contributed by atoms with Crippen molar-refractivity contribution in [2.75, 3.05) is 37.6 Å². The Kier molecular flexibility index (Phi) is 4.80. The van der Waals surface area contributed by atoms with Gasteiger partial charge in [0.25, 0.3) is 5.91 Å². The number of aromatic nitrogens is 1. The summed E-state index contributed by atoms with van der Waals surface area (Å²) < 4.78 is 0. The molecular formula is C14H21N5OS. The Morgan fingerprint density at radius 3 is 2.67 bits per heavy atom. The molecule has 6 nitrogen and oxygen atoms in total. The van der Waals surface area contributed by atoms with Crippen LogP contribution in [0.3, 0.4) is 0 Å². The zero-order valence-electron chi connectivity index (χ0n) is 12.7. The van der Waals surface area contributed by atoms with E-state index in [0.717, 1.165) is 18.2 Å². The van der Waals surface area contributed by atoms with E-state index < -0.39 is 5.54 Å². The van der Waals surface area contributed by atoms with E-state index in [4.69, 9.17) is 5.26 Å². The molecule has 1 amide bonds. The van der Waals surface area contributed by atoms with Gasteiger partial charge in [-0.05, 0) is 6.92 Å². The molecule has 2 aliphatic rings. The van der Waals surface area contributed by atoms with Crippen LogP contribution in [0, 0.1) is 11.5 Å². The van der Waals surface area contributed by atoms with Crippen molar-refractivity contribution in [3.63, 3.8) is 0 Å². The third kappa shape index (κ3) is 2.74. The summed E-state index contributed by atoms with van der Waals surface area (Å²) in [5.74, 6) is 0.0497. The second kappa shape index (κ2) is 6.41. The van der Waals surface area contributed by atoms with Crippen LogP contribution < -0.4 is 4.90 Å². The minimum atomic E-state index is -0.613. The number of thiazole rings is 1. The first-order valence-corrected chi connectivity index (χ1v) is 8.14. The number of carbonyl (C=O) groups excluding carboxylic acids is 1. The lowest BCUT2D eigenvalue weighted by atomic mass is 9.92. The molecule has 1 aromatic rings. The van der Waals surface area contributed by atoms with Gasteiger partial charge < -0.3 is 4.90 Å². The van der Waals surface area contributed by atoms with Gasteiger partial charge in [0.1, 0.15) is 5.54 Å². The monoisotopic (exact) mass is 307 g/mol. The number of rotatable bonds is 1. The van der Waals surface area contributed by atoms with Gasteiger partial charge in [-0.25, -0.2) is 4.98 Å². The molecule has 0 bridgehead atoms. The number of hydrogen-bond acceptors (Lipinski definition) is 6.